The Morgan fingerprint density at radius 1 is 1.14 bits per heavy atom. The summed E-state index contributed by atoms with van der Waals surface area (Å²) in [6.07, 6.45) is 1.06. The number of ether oxygens (including phenoxy) is 1. The molecular formula is C21H25BrClN5O. The molecule has 154 valence electrons. The molecular weight excluding hydrogens is 454 g/mol. The fourth-order valence-corrected chi connectivity index (χ4v) is 4.12. The molecule has 0 aliphatic carbocycles. The van der Waals surface area contributed by atoms with Crippen LogP contribution in [-0.4, -0.2) is 58.8 Å². The minimum absolute atomic E-state index is 0.485. The van der Waals surface area contributed by atoms with E-state index in [2.05, 4.69) is 41.8 Å². The molecule has 0 bridgehead atoms. The molecule has 1 saturated heterocycles. The van der Waals surface area contributed by atoms with Crippen molar-refractivity contribution in [3.63, 3.8) is 0 Å². The van der Waals surface area contributed by atoms with Gasteiger partial charge in [0.05, 0.1) is 36.5 Å². The molecule has 4 rings (SSSR count). The number of morpholine rings is 1. The van der Waals surface area contributed by atoms with Gasteiger partial charge >= 0.3 is 0 Å². The number of benzene rings is 1. The minimum atomic E-state index is 0.485. The maximum atomic E-state index is 6.07. The third kappa shape index (κ3) is 5.28. The van der Waals surface area contributed by atoms with Crippen LogP contribution in [0.2, 0.25) is 0 Å². The van der Waals surface area contributed by atoms with Gasteiger partial charge in [-0.25, -0.2) is 9.97 Å². The summed E-state index contributed by atoms with van der Waals surface area (Å²) < 4.78 is 8.44. The van der Waals surface area contributed by atoms with Gasteiger partial charge in [-0.05, 0) is 58.7 Å². The second kappa shape index (κ2) is 9.89. The number of anilines is 1. The van der Waals surface area contributed by atoms with Gasteiger partial charge in [0.15, 0.2) is 0 Å². The number of aromatic nitrogens is 3. The van der Waals surface area contributed by atoms with Gasteiger partial charge in [-0.15, -0.1) is 11.6 Å². The molecule has 0 atom stereocenters. The third-order valence-electron chi connectivity index (χ3n) is 5.10. The quantitative estimate of drug-likeness (QED) is 0.300. The monoisotopic (exact) mass is 477 g/mol. The van der Waals surface area contributed by atoms with Crippen molar-refractivity contribution < 1.29 is 4.74 Å². The molecule has 1 aromatic carbocycles. The Balaban J connectivity index is 1.51. The van der Waals surface area contributed by atoms with E-state index in [-0.39, 0.29) is 0 Å². The van der Waals surface area contributed by atoms with Crippen molar-refractivity contribution >= 4 is 44.5 Å². The predicted molar refractivity (Wildman–Crippen MR) is 121 cm³/mol. The number of halogens is 2. The van der Waals surface area contributed by atoms with Gasteiger partial charge in [0.25, 0.3) is 0 Å². The average Bonchev–Trinajstić information content (AvgIpc) is 3.08. The first-order valence-corrected chi connectivity index (χ1v) is 11.3. The fourth-order valence-electron chi connectivity index (χ4n) is 3.57. The Kier molecular flexibility index (Phi) is 7.02. The molecule has 0 radical (unpaired) electrons. The van der Waals surface area contributed by atoms with Gasteiger partial charge in [0, 0.05) is 25.5 Å². The van der Waals surface area contributed by atoms with Gasteiger partial charge in [-0.1, -0.05) is 12.1 Å². The number of rotatable bonds is 8. The first-order chi connectivity index (χ1) is 14.2. The van der Waals surface area contributed by atoms with Crippen LogP contribution >= 0.6 is 27.5 Å². The van der Waals surface area contributed by atoms with Gasteiger partial charge < -0.3 is 14.6 Å². The first-order valence-electron chi connectivity index (χ1n) is 9.93. The van der Waals surface area contributed by atoms with Crippen LogP contribution in [0, 0.1) is 0 Å². The zero-order chi connectivity index (χ0) is 20.1. The largest absolute Gasteiger partial charge is 0.379 e. The Labute approximate surface area is 184 Å². The molecule has 3 aromatic rings. The fraction of sp³-hybridized carbons (Fsp3) is 0.429. The summed E-state index contributed by atoms with van der Waals surface area (Å²) in [7, 11) is 0. The van der Waals surface area contributed by atoms with Crippen LogP contribution in [-0.2, 0) is 17.2 Å². The lowest BCUT2D eigenvalue weighted by Crippen LogP contribution is -2.37. The third-order valence-corrected chi connectivity index (χ3v) is 5.85. The van der Waals surface area contributed by atoms with E-state index in [9.17, 15) is 0 Å². The molecule has 6 nitrogen and oxygen atoms in total. The normalized spacial score (nSPS) is 15.1. The number of nitrogens with one attached hydrogen (secondary N) is 1. The summed E-state index contributed by atoms with van der Waals surface area (Å²) in [6.45, 7) is 6.31. The van der Waals surface area contributed by atoms with E-state index in [0.29, 0.717) is 12.4 Å². The molecule has 0 amide bonds. The van der Waals surface area contributed by atoms with Crippen molar-refractivity contribution in [1.29, 1.82) is 0 Å². The second-order valence-electron chi connectivity index (χ2n) is 7.16. The summed E-state index contributed by atoms with van der Waals surface area (Å²) >= 11 is 9.53. The molecule has 2 aromatic heterocycles. The van der Waals surface area contributed by atoms with E-state index < -0.39 is 0 Å². The summed E-state index contributed by atoms with van der Waals surface area (Å²) in [5, 5.41) is 3.54. The molecule has 1 N–H and O–H groups in total. The smallest absolute Gasteiger partial charge is 0.204 e. The maximum absolute atomic E-state index is 6.07. The molecule has 1 aliphatic heterocycles. The minimum Gasteiger partial charge on any atom is -0.379 e. The van der Waals surface area contributed by atoms with Crippen LogP contribution in [0.5, 0.6) is 0 Å². The predicted octanol–water partition coefficient (Wildman–Crippen LogP) is 4.12. The highest BCUT2D eigenvalue weighted by Gasteiger charge is 2.13. The highest BCUT2D eigenvalue weighted by molar-refractivity contribution is 9.10. The van der Waals surface area contributed by atoms with Crippen molar-refractivity contribution in [2.75, 3.05) is 44.7 Å². The number of alkyl halides is 1. The molecule has 3 heterocycles. The van der Waals surface area contributed by atoms with E-state index in [1.165, 1.54) is 0 Å². The Bertz CT molecular complexity index is 957. The van der Waals surface area contributed by atoms with Gasteiger partial charge in [-0.3, -0.25) is 4.90 Å². The number of nitrogens with zero attached hydrogens (tertiary/aromatic N) is 4. The van der Waals surface area contributed by atoms with E-state index in [0.717, 1.165) is 78.7 Å². The molecule has 0 saturated carbocycles. The van der Waals surface area contributed by atoms with Crippen LogP contribution in [0.3, 0.4) is 0 Å². The number of fused-ring (bicyclic) bond motifs is 1. The summed E-state index contributed by atoms with van der Waals surface area (Å²) in [4.78, 5) is 11.9. The van der Waals surface area contributed by atoms with Crippen LogP contribution in [0.4, 0.5) is 5.95 Å². The van der Waals surface area contributed by atoms with Crippen molar-refractivity contribution in [1.82, 2.24) is 19.4 Å². The average molecular weight is 479 g/mol. The lowest BCUT2D eigenvalue weighted by molar-refractivity contribution is 0.0378. The van der Waals surface area contributed by atoms with Crippen LogP contribution < -0.4 is 5.32 Å². The number of pyridine rings is 1. The lowest BCUT2D eigenvalue weighted by atomic mass is 10.2. The highest BCUT2D eigenvalue weighted by Crippen LogP contribution is 2.23. The van der Waals surface area contributed by atoms with E-state index >= 15 is 0 Å². The van der Waals surface area contributed by atoms with E-state index in [1.807, 2.05) is 30.3 Å². The maximum Gasteiger partial charge on any atom is 0.204 e. The zero-order valence-corrected chi connectivity index (χ0v) is 18.6. The summed E-state index contributed by atoms with van der Waals surface area (Å²) in [5.41, 5.74) is 4.10. The van der Waals surface area contributed by atoms with Crippen molar-refractivity contribution in [2.45, 2.75) is 18.8 Å². The molecule has 8 heteroatoms. The number of imidazole rings is 1. The van der Waals surface area contributed by atoms with Crippen molar-refractivity contribution in [3.05, 3.63) is 52.3 Å². The van der Waals surface area contributed by atoms with Gasteiger partial charge in [-0.2, -0.15) is 0 Å². The van der Waals surface area contributed by atoms with E-state index in [1.54, 1.807) is 0 Å². The van der Waals surface area contributed by atoms with E-state index in [4.69, 9.17) is 21.3 Å². The van der Waals surface area contributed by atoms with Gasteiger partial charge in [0.1, 0.15) is 4.60 Å². The van der Waals surface area contributed by atoms with Crippen LogP contribution in [0.1, 0.15) is 17.7 Å². The highest BCUT2D eigenvalue weighted by atomic mass is 79.9. The van der Waals surface area contributed by atoms with Crippen LogP contribution in [0.15, 0.2) is 41.0 Å². The van der Waals surface area contributed by atoms with Crippen molar-refractivity contribution in [2.24, 2.45) is 0 Å². The van der Waals surface area contributed by atoms with Gasteiger partial charge in [0.2, 0.25) is 5.95 Å². The Hall–Kier alpha value is -1.67. The lowest BCUT2D eigenvalue weighted by Gasteiger charge is -2.26. The van der Waals surface area contributed by atoms with Crippen LogP contribution in [0.25, 0.3) is 11.0 Å². The Morgan fingerprint density at radius 3 is 2.79 bits per heavy atom. The molecule has 1 fully saturated rings. The second-order valence-corrected chi connectivity index (χ2v) is 8.24. The molecule has 29 heavy (non-hydrogen) atoms. The number of hydrogen-bond acceptors (Lipinski definition) is 5. The summed E-state index contributed by atoms with van der Waals surface area (Å²) in [6, 6.07) is 12.2. The number of hydrogen-bond donors (Lipinski definition) is 1. The molecule has 0 spiro atoms. The van der Waals surface area contributed by atoms with Crippen molar-refractivity contribution in [3.8, 4) is 0 Å². The first kappa shape index (κ1) is 20.6. The standard InChI is InChI=1S/C21H25BrClN5O/c22-20-4-1-3-17(25-20)15-28-19-13-16(14-23)5-6-18(19)26-21(28)24-7-2-8-27-9-11-29-12-10-27/h1,3-6,13H,2,7-12,14-15H2,(H,24,26). The molecule has 1 aliphatic rings. The SMILES string of the molecule is ClCc1ccc2nc(NCCCN3CCOCC3)n(Cc3cccc(Br)n3)c2c1. The topological polar surface area (TPSA) is 55.2 Å². The summed E-state index contributed by atoms with van der Waals surface area (Å²) in [5.74, 6) is 1.36. The Morgan fingerprint density at radius 2 is 2.00 bits per heavy atom. The molecule has 0 unspecified atom stereocenters. The zero-order valence-electron chi connectivity index (χ0n) is 16.3.